The second-order valence-electron chi connectivity index (χ2n) is 12.7. The summed E-state index contributed by atoms with van der Waals surface area (Å²) in [6, 6.07) is 15.4. The van der Waals surface area contributed by atoms with E-state index in [0.29, 0.717) is 17.7 Å². The number of phenols is 1. The van der Waals surface area contributed by atoms with E-state index < -0.39 is 24.1 Å². The Hall–Kier alpha value is -3.18. The molecule has 2 bridgehead atoms. The van der Waals surface area contributed by atoms with Crippen molar-refractivity contribution in [2.24, 2.45) is 11.3 Å². The molecular formula is C32H39NO9. The normalized spacial score (nSPS) is 33.0. The first-order valence-corrected chi connectivity index (χ1v) is 14.8. The minimum atomic E-state index is -2.27. The Kier molecular flexibility index (Phi) is 7.45. The summed E-state index contributed by atoms with van der Waals surface area (Å²) in [5, 5.41) is 43.2. The number of aromatic hydroxyl groups is 1. The fraction of sp³-hybridized carbons (Fsp3) is 0.562. The molecule has 0 radical (unpaired) electrons. The summed E-state index contributed by atoms with van der Waals surface area (Å²) in [5.74, 6) is -1.85. The summed E-state index contributed by atoms with van der Waals surface area (Å²) in [7, 11) is 2.31. The minimum Gasteiger partial charge on any atom is -0.504 e. The van der Waals surface area contributed by atoms with Gasteiger partial charge in [-0.25, -0.2) is 9.59 Å². The number of unbranched alkanes of at least 4 members (excludes halogenated alkanes) is 1. The zero-order valence-electron chi connectivity index (χ0n) is 23.7. The molecule has 2 aliphatic carbocycles. The van der Waals surface area contributed by atoms with E-state index in [2.05, 4.69) is 48.3 Å². The molecule has 0 amide bonds. The maximum atomic E-state index is 10.7. The van der Waals surface area contributed by atoms with Crippen LogP contribution in [-0.4, -0.2) is 93.0 Å². The summed E-state index contributed by atoms with van der Waals surface area (Å²) >= 11 is 0. The van der Waals surface area contributed by atoms with E-state index in [1.165, 1.54) is 42.4 Å². The van der Waals surface area contributed by atoms with Crippen molar-refractivity contribution < 1.29 is 44.6 Å². The van der Waals surface area contributed by atoms with Crippen LogP contribution in [0.3, 0.4) is 0 Å². The van der Waals surface area contributed by atoms with Crippen LogP contribution in [0.2, 0.25) is 0 Å². The van der Waals surface area contributed by atoms with Crippen molar-refractivity contribution in [2.75, 3.05) is 20.2 Å². The van der Waals surface area contributed by atoms with Crippen LogP contribution in [0.25, 0.3) is 0 Å². The lowest BCUT2D eigenvalue weighted by Crippen LogP contribution is -2.74. The van der Waals surface area contributed by atoms with Crippen LogP contribution in [0.4, 0.5) is 0 Å². The van der Waals surface area contributed by atoms with Crippen molar-refractivity contribution in [3.8, 4) is 11.5 Å². The smallest absolute Gasteiger partial charge is 0.335 e. The first-order valence-electron chi connectivity index (χ1n) is 14.8. The van der Waals surface area contributed by atoms with Gasteiger partial charge in [0.2, 0.25) is 0 Å². The highest BCUT2D eigenvalue weighted by molar-refractivity contribution is 5.83. The molecule has 10 nitrogen and oxygen atoms in total. The number of carboxylic acid groups (broad SMARTS) is 2. The number of fused-ring (bicyclic) bond motifs is 2. The predicted molar refractivity (Wildman–Crippen MR) is 151 cm³/mol. The van der Waals surface area contributed by atoms with Gasteiger partial charge >= 0.3 is 11.9 Å². The van der Waals surface area contributed by atoms with Gasteiger partial charge in [-0.05, 0) is 75.2 Å². The third kappa shape index (κ3) is 4.47. The van der Waals surface area contributed by atoms with Gasteiger partial charge in [-0.1, -0.05) is 42.8 Å². The molecule has 7 rings (SSSR count). The number of hydrogen-bond donors (Lipinski definition) is 5. The quantitative estimate of drug-likeness (QED) is 0.293. The average molecular weight is 582 g/mol. The molecule has 42 heavy (non-hydrogen) atoms. The third-order valence-corrected chi connectivity index (χ3v) is 10.5. The largest absolute Gasteiger partial charge is 0.504 e. The van der Waals surface area contributed by atoms with E-state index in [0.717, 1.165) is 38.2 Å². The van der Waals surface area contributed by atoms with E-state index in [-0.39, 0.29) is 23.0 Å². The molecule has 226 valence electrons. The Labute approximate surface area is 244 Å². The number of carboxylic acids is 2. The lowest BCUT2D eigenvalue weighted by molar-refractivity contribution is -0.279. The number of aliphatic carboxylic acids is 2. The highest BCUT2D eigenvalue weighted by Gasteiger charge is 2.73. The lowest BCUT2D eigenvalue weighted by Gasteiger charge is -2.66. The Morgan fingerprint density at radius 1 is 1.02 bits per heavy atom. The number of nitrogens with zero attached hydrogens (tertiary/aromatic N) is 1. The van der Waals surface area contributed by atoms with Crippen LogP contribution in [0.5, 0.6) is 11.5 Å². The number of aliphatic hydroxyl groups excluding tert-OH is 2. The topological polar surface area (TPSA) is 157 Å². The molecule has 1 spiro atoms. The van der Waals surface area contributed by atoms with Gasteiger partial charge in [0, 0.05) is 22.4 Å². The molecule has 3 aliphatic heterocycles. The number of hydrogen-bond acceptors (Lipinski definition) is 8. The number of likely N-dealkylation sites (tertiary alicyclic amines) is 1. The van der Waals surface area contributed by atoms with Crippen LogP contribution in [-0.2, 0) is 32.6 Å². The van der Waals surface area contributed by atoms with E-state index in [1.54, 1.807) is 0 Å². The molecule has 0 aromatic heterocycles. The van der Waals surface area contributed by atoms with Crippen molar-refractivity contribution in [2.45, 2.75) is 80.8 Å². The van der Waals surface area contributed by atoms with Gasteiger partial charge in [0.15, 0.2) is 23.7 Å². The van der Waals surface area contributed by atoms with Crippen molar-refractivity contribution in [1.82, 2.24) is 4.90 Å². The number of likely N-dealkylation sites (N-methyl/N-ethyl adjacent to an activating group) is 1. The molecule has 2 saturated heterocycles. The predicted octanol–water partition coefficient (Wildman–Crippen LogP) is 2.35. The average Bonchev–Trinajstić information content (AvgIpc) is 3.30. The molecule has 5 N–H and O–H groups in total. The second kappa shape index (κ2) is 10.8. The van der Waals surface area contributed by atoms with Crippen LogP contribution >= 0.6 is 0 Å². The number of rotatable bonds is 8. The number of aliphatic hydroxyl groups is 2. The Morgan fingerprint density at radius 3 is 2.38 bits per heavy atom. The van der Waals surface area contributed by atoms with Crippen molar-refractivity contribution >= 4 is 11.9 Å². The van der Waals surface area contributed by atoms with Gasteiger partial charge in [-0.15, -0.1) is 0 Å². The second-order valence-corrected chi connectivity index (χ2v) is 12.7. The van der Waals surface area contributed by atoms with Crippen LogP contribution < -0.4 is 4.74 Å². The van der Waals surface area contributed by atoms with Crippen molar-refractivity contribution in [3.05, 3.63) is 59.2 Å². The van der Waals surface area contributed by atoms with E-state index in [9.17, 15) is 14.7 Å². The van der Waals surface area contributed by atoms with Gasteiger partial charge in [0.1, 0.15) is 12.2 Å². The minimum absolute atomic E-state index is 0.0253. The van der Waals surface area contributed by atoms with E-state index in [1.807, 2.05) is 6.07 Å². The molecule has 3 heterocycles. The summed E-state index contributed by atoms with van der Waals surface area (Å²) in [6.45, 7) is 1.98. The number of piperidine rings is 1. The summed E-state index contributed by atoms with van der Waals surface area (Å²) < 4.78 is 13.0. The van der Waals surface area contributed by atoms with Gasteiger partial charge in [-0.3, -0.25) is 0 Å². The maximum absolute atomic E-state index is 10.7. The molecular weight excluding hydrogens is 542 g/mol. The monoisotopic (exact) mass is 581 g/mol. The fourth-order valence-electron chi connectivity index (χ4n) is 8.46. The fourth-order valence-corrected chi connectivity index (χ4v) is 8.46. The first kappa shape index (κ1) is 28.9. The van der Waals surface area contributed by atoms with Gasteiger partial charge in [0.05, 0.1) is 6.61 Å². The zero-order valence-corrected chi connectivity index (χ0v) is 23.7. The summed E-state index contributed by atoms with van der Waals surface area (Å²) in [4.78, 5) is 22.1. The lowest BCUT2D eigenvalue weighted by atomic mass is 9.45. The number of ether oxygens (including phenoxy) is 2. The summed E-state index contributed by atoms with van der Waals surface area (Å²) in [6.07, 6.45) is 3.98. The van der Waals surface area contributed by atoms with Crippen LogP contribution in [0.1, 0.15) is 48.8 Å². The number of carbonyl (C=O) groups is 2. The van der Waals surface area contributed by atoms with Crippen LogP contribution in [0.15, 0.2) is 42.5 Å². The number of benzene rings is 2. The van der Waals surface area contributed by atoms with Gasteiger partial charge < -0.3 is 39.9 Å². The van der Waals surface area contributed by atoms with Gasteiger partial charge in [0.25, 0.3) is 0 Å². The SMILES string of the molecule is CN1CCC23c4c5ccc(O)c4OC2[C@H]2OC[C@@]2(CCCCc2ccccc2)CC3C1C5.O=C(O)C(O)C(O)C(=O)O. The third-order valence-electron chi connectivity index (χ3n) is 10.5. The highest BCUT2D eigenvalue weighted by atomic mass is 16.6. The number of aryl methyl sites for hydroxylation is 1. The Morgan fingerprint density at radius 2 is 1.74 bits per heavy atom. The standard InChI is InChI=1S/C28H33NO3.C4H6O6/c1-29-14-13-28-20-16-27(12-6-5-9-18-7-3-2-4-8-18)17-31-25(27)26(28)32-24-22(30)11-10-19(23(24)28)15-21(20)29;5-1(3(7)8)2(6)4(9)10/h2-4,7-8,10-11,20-21,25-26,30H,5-6,9,12-17H2,1H3;1-2,5-6H,(H,7,8)(H,9,10)/t20?,21?,25-,26?,27-,28?;/m1./s1. The first-order chi connectivity index (χ1) is 20.1. The Bertz CT molecular complexity index is 1330. The van der Waals surface area contributed by atoms with E-state index >= 15 is 0 Å². The zero-order chi connectivity index (χ0) is 29.8. The van der Waals surface area contributed by atoms with Crippen molar-refractivity contribution in [1.29, 1.82) is 0 Å². The molecule has 8 atom stereocenters. The molecule has 2 aromatic rings. The van der Waals surface area contributed by atoms with E-state index in [4.69, 9.17) is 29.9 Å². The summed E-state index contributed by atoms with van der Waals surface area (Å²) in [5.41, 5.74) is 4.43. The Balaban J connectivity index is 0.000000274. The highest BCUT2D eigenvalue weighted by Crippen LogP contribution is 2.69. The molecule has 2 aromatic carbocycles. The maximum Gasteiger partial charge on any atom is 0.335 e. The molecule has 10 heteroatoms. The molecule has 3 fully saturated rings. The van der Waals surface area contributed by atoms with Gasteiger partial charge in [-0.2, -0.15) is 0 Å². The van der Waals surface area contributed by atoms with Crippen LogP contribution in [0, 0.1) is 11.3 Å². The molecule has 1 saturated carbocycles. The van der Waals surface area contributed by atoms with Crippen molar-refractivity contribution in [3.63, 3.8) is 0 Å². The molecule has 5 aliphatic rings. The molecule has 6 unspecified atom stereocenters. The number of phenolic OH excluding ortho intramolecular Hbond substituents is 1.